The highest BCUT2D eigenvalue weighted by molar-refractivity contribution is 5.32. The molecule has 0 aliphatic heterocycles. The molecule has 1 aromatic carbocycles. The maximum Gasteiger partial charge on any atom is -0.00180 e. The van der Waals surface area contributed by atoms with Crippen LogP contribution in [-0.2, 0) is 6.42 Å². The van der Waals surface area contributed by atoms with Crippen LogP contribution in [0.5, 0.6) is 0 Å². The fourth-order valence-electron chi connectivity index (χ4n) is 4.66. The van der Waals surface area contributed by atoms with Gasteiger partial charge < -0.3 is 5.32 Å². The zero-order chi connectivity index (χ0) is 14.5. The first-order valence-electron chi connectivity index (χ1n) is 9.17. The molecule has 0 amide bonds. The number of fused-ring (bicyclic) bond motifs is 1. The lowest BCUT2D eigenvalue weighted by molar-refractivity contribution is 0.203. The summed E-state index contributed by atoms with van der Waals surface area (Å²) in [7, 11) is 0. The van der Waals surface area contributed by atoms with Crippen molar-refractivity contribution >= 4 is 0 Å². The van der Waals surface area contributed by atoms with Crippen LogP contribution in [0.25, 0.3) is 0 Å². The first-order chi connectivity index (χ1) is 10.4. The topological polar surface area (TPSA) is 12.0 Å². The first-order valence-corrected chi connectivity index (χ1v) is 9.17. The molecule has 0 saturated heterocycles. The Kier molecular flexibility index (Phi) is 5.35. The predicted octanol–water partition coefficient (Wildman–Crippen LogP) is 4.91. The molecule has 1 fully saturated rings. The minimum atomic E-state index is 0.835. The van der Waals surface area contributed by atoms with E-state index < -0.39 is 0 Å². The van der Waals surface area contributed by atoms with Gasteiger partial charge in [0.05, 0.1) is 0 Å². The summed E-state index contributed by atoms with van der Waals surface area (Å²) in [5.74, 6) is 2.71. The molecule has 0 spiro atoms. The molecule has 21 heavy (non-hydrogen) atoms. The van der Waals surface area contributed by atoms with E-state index in [2.05, 4.69) is 36.5 Å². The Morgan fingerprint density at radius 2 is 1.81 bits per heavy atom. The molecule has 1 nitrogen and oxygen atoms in total. The van der Waals surface area contributed by atoms with E-state index in [0.29, 0.717) is 0 Å². The fraction of sp³-hybridized carbons (Fsp3) is 0.700. The van der Waals surface area contributed by atoms with Gasteiger partial charge >= 0.3 is 0 Å². The van der Waals surface area contributed by atoms with Crippen molar-refractivity contribution in [2.75, 3.05) is 13.1 Å². The van der Waals surface area contributed by atoms with E-state index >= 15 is 0 Å². The van der Waals surface area contributed by atoms with Crippen molar-refractivity contribution < 1.29 is 0 Å². The molecule has 3 rings (SSSR count). The lowest BCUT2D eigenvalue weighted by atomic mass is 9.71. The van der Waals surface area contributed by atoms with Crippen molar-refractivity contribution in [3.8, 4) is 0 Å². The van der Waals surface area contributed by atoms with Crippen molar-refractivity contribution in [2.45, 2.75) is 64.2 Å². The van der Waals surface area contributed by atoms with Gasteiger partial charge in [0.2, 0.25) is 0 Å². The smallest absolute Gasteiger partial charge is 0.00180 e. The number of benzene rings is 1. The van der Waals surface area contributed by atoms with Crippen LogP contribution in [0.1, 0.15) is 68.9 Å². The van der Waals surface area contributed by atoms with Crippen LogP contribution in [-0.4, -0.2) is 13.1 Å². The van der Waals surface area contributed by atoms with Crippen molar-refractivity contribution in [3.05, 3.63) is 35.4 Å². The zero-order valence-corrected chi connectivity index (χ0v) is 13.6. The Labute approximate surface area is 130 Å². The third-order valence-corrected chi connectivity index (χ3v) is 5.80. The Hall–Kier alpha value is -0.820. The molecule has 2 aliphatic carbocycles. The second-order valence-corrected chi connectivity index (χ2v) is 7.14. The summed E-state index contributed by atoms with van der Waals surface area (Å²) in [6, 6.07) is 9.23. The van der Waals surface area contributed by atoms with Gasteiger partial charge in [0.1, 0.15) is 0 Å². The Morgan fingerprint density at radius 3 is 2.67 bits per heavy atom. The first kappa shape index (κ1) is 15.1. The minimum absolute atomic E-state index is 0.835. The van der Waals surface area contributed by atoms with Crippen LogP contribution < -0.4 is 5.32 Å². The Bertz CT molecular complexity index is 439. The number of hydrogen-bond acceptors (Lipinski definition) is 1. The highest BCUT2D eigenvalue weighted by atomic mass is 14.8. The van der Waals surface area contributed by atoms with Gasteiger partial charge in [-0.05, 0) is 74.1 Å². The van der Waals surface area contributed by atoms with Crippen LogP contribution in [0, 0.1) is 11.8 Å². The molecule has 0 radical (unpaired) electrons. The summed E-state index contributed by atoms with van der Waals surface area (Å²) in [5, 5.41) is 3.60. The average molecular weight is 285 g/mol. The van der Waals surface area contributed by atoms with Gasteiger partial charge in [-0.15, -0.1) is 0 Å². The maximum atomic E-state index is 3.60. The van der Waals surface area contributed by atoms with E-state index in [0.717, 1.165) is 24.3 Å². The average Bonchev–Trinajstić information content (AvgIpc) is 2.54. The third-order valence-electron chi connectivity index (χ3n) is 5.80. The molecule has 116 valence electrons. The zero-order valence-electron chi connectivity index (χ0n) is 13.6. The van der Waals surface area contributed by atoms with Gasteiger partial charge in [-0.3, -0.25) is 0 Å². The van der Waals surface area contributed by atoms with E-state index in [1.807, 2.05) is 0 Å². The molecule has 1 N–H and O–H groups in total. The van der Waals surface area contributed by atoms with Gasteiger partial charge in [0.15, 0.2) is 0 Å². The molecule has 3 atom stereocenters. The number of nitrogens with one attached hydrogen (secondary N) is 1. The van der Waals surface area contributed by atoms with Crippen molar-refractivity contribution in [1.29, 1.82) is 0 Å². The number of hydrogen-bond donors (Lipinski definition) is 1. The van der Waals surface area contributed by atoms with E-state index in [4.69, 9.17) is 0 Å². The Morgan fingerprint density at radius 1 is 1.00 bits per heavy atom. The lowest BCUT2D eigenvalue weighted by Crippen LogP contribution is -2.31. The highest BCUT2D eigenvalue weighted by Crippen LogP contribution is 2.41. The number of aryl methyl sites for hydroxylation is 1. The molecule has 1 heteroatoms. The van der Waals surface area contributed by atoms with Crippen LogP contribution in [0.15, 0.2) is 24.3 Å². The van der Waals surface area contributed by atoms with Crippen molar-refractivity contribution in [2.24, 2.45) is 11.8 Å². The minimum Gasteiger partial charge on any atom is -0.317 e. The quantitative estimate of drug-likeness (QED) is 0.810. The standard InChI is InChI=1S/C20H31N/c1-2-21-15-19-10-4-3-9-17(19)14-18-12-7-11-16-8-5-6-13-20(16)18/h5-6,8,13,17-19,21H,2-4,7,9-12,14-15H2,1H3. The Balaban J connectivity index is 1.67. The molecule has 0 heterocycles. The maximum absolute atomic E-state index is 3.60. The van der Waals surface area contributed by atoms with E-state index in [1.54, 1.807) is 11.1 Å². The molecular weight excluding hydrogens is 254 g/mol. The summed E-state index contributed by atoms with van der Waals surface area (Å²) < 4.78 is 0. The summed E-state index contributed by atoms with van der Waals surface area (Å²) in [6.07, 6.45) is 11.4. The van der Waals surface area contributed by atoms with Gasteiger partial charge in [0.25, 0.3) is 0 Å². The van der Waals surface area contributed by atoms with Crippen molar-refractivity contribution in [3.63, 3.8) is 0 Å². The van der Waals surface area contributed by atoms with E-state index in [-0.39, 0.29) is 0 Å². The number of rotatable bonds is 5. The largest absolute Gasteiger partial charge is 0.317 e. The van der Waals surface area contributed by atoms with Gasteiger partial charge in [-0.1, -0.05) is 50.5 Å². The lowest BCUT2D eigenvalue weighted by Gasteiger charge is -2.36. The third kappa shape index (κ3) is 3.69. The summed E-state index contributed by atoms with van der Waals surface area (Å²) >= 11 is 0. The van der Waals surface area contributed by atoms with E-state index in [9.17, 15) is 0 Å². The second-order valence-electron chi connectivity index (χ2n) is 7.14. The van der Waals surface area contributed by atoms with Gasteiger partial charge in [-0.25, -0.2) is 0 Å². The van der Waals surface area contributed by atoms with Crippen LogP contribution in [0.4, 0.5) is 0 Å². The van der Waals surface area contributed by atoms with Crippen LogP contribution in [0.3, 0.4) is 0 Å². The summed E-state index contributed by atoms with van der Waals surface area (Å²) in [5.41, 5.74) is 3.31. The monoisotopic (exact) mass is 285 g/mol. The molecule has 1 saturated carbocycles. The highest BCUT2D eigenvalue weighted by Gasteiger charge is 2.29. The predicted molar refractivity (Wildman–Crippen MR) is 90.7 cm³/mol. The normalized spacial score (nSPS) is 29.1. The molecule has 0 aromatic heterocycles. The summed E-state index contributed by atoms with van der Waals surface area (Å²) in [6.45, 7) is 4.60. The second kappa shape index (κ2) is 7.45. The molecule has 1 aromatic rings. The summed E-state index contributed by atoms with van der Waals surface area (Å²) in [4.78, 5) is 0. The van der Waals surface area contributed by atoms with E-state index in [1.165, 1.54) is 57.9 Å². The fourth-order valence-corrected chi connectivity index (χ4v) is 4.66. The molecule has 3 unspecified atom stereocenters. The van der Waals surface area contributed by atoms with Gasteiger partial charge in [-0.2, -0.15) is 0 Å². The van der Waals surface area contributed by atoms with Crippen LogP contribution in [0.2, 0.25) is 0 Å². The SMILES string of the molecule is CCNCC1CCCCC1CC1CCCc2ccccc21. The molecule has 2 aliphatic rings. The molecular formula is C20H31N. The van der Waals surface area contributed by atoms with Crippen molar-refractivity contribution in [1.82, 2.24) is 5.32 Å². The van der Waals surface area contributed by atoms with Gasteiger partial charge in [0, 0.05) is 0 Å². The van der Waals surface area contributed by atoms with Crippen LogP contribution >= 0.6 is 0 Å². The molecule has 0 bridgehead atoms.